The summed E-state index contributed by atoms with van der Waals surface area (Å²) in [6, 6.07) is 1.82. The van der Waals surface area contributed by atoms with Gasteiger partial charge in [-0.1, -0.05) is 20.8 Å². The van der Waals surface area contributed by atoms with Crippen LogP contribution >= 0.6 is 15.9 Å². The highest BCUT2D eigenvalue weighted by molar-refractivity contribution is 9.10. The Balaban J connectivity index is 3.29. The lowest BCUT2D eigenvalue weighted by Gasteiger charge is -2.20. The number of pyridine rings is 1. The van der Waals surface area contributed by atoms with Crippen LogP contribution in [-0.2, 0) is 12.0 Å². The fourth-order valence-electron chi connectivity index (χ4n) is 1.19. The monoisotopic (exact) mass is 258 g/mol. The lowest BCUT2D eigenvalue weighted by Crippen LogP contribution is -2.16. The van der Waals surface area contributed by atoms with Crippen LogP contribution in [0.4, 0.5) is 5.82 Å². The lowest BCUT2D eigenvalue weighted by molar-refractivity contribution is 0.282. The van der Waals surface area contributed by atoms with Gasteiger partial charge in [0.15, 0.2) is 0 Å². The maximum atomic E-state index is 9.00. The molecule has 0 fully saturated rings. The molecule has 1 aromatic heterocycles. The summed E-state index contributed by atoms with van der Waals surface area (Å²) in [5.41, 5.74) is 7.22. The maximum absolute atomic E-state index is 9.00. The Hall–Kier alpha value is -0.610. The Kier molecular flexibility index (Phi) is 3.17. The SMILES string of the molecule is CC(C)(C)c1nc(N)c(CO)cc1Br. The van der Waals surface area contributed by atoms with E-state index in [4.69, 9.17) is 10.8 Å². The highest BCUT2D eigenvalue weighted by Gasteiger charge is 2.20. The average molecular weight is 259 g/mol. The van der Waals surface area contributed by atoms with E-state index < -0.39 is 0 Å². The summed E-state index contributed by atoms with van der Waals surface area (Å²) in [5.74, 6) is 0.403. The Bertz CT molecular complexity index is 345. The van der Waals surface area contributed by atoms with Crippen molar-refractivity contribution in [1.29, 1.82) is 0 Å². The number of anilines is 1. The molecule has 0 spiro atoms. The maximum Gasteiger partial charge on any atom is 0.129 e. The van der Waals surface area contributed by atoms with Gasteiger partial charge in [-0.25, -0.2) is 4.98 Å². The summed E-state index contributed by atoms with van der Waals surface area (Å²) in [4.78, 5) is 4.29. The molecule has 4 heteroatoms. The molecule has 0 saturated carbocycles. The van der Waals surface area contributed by atoms with Crippen molar-refractivity contribution in [2.45, 2.75) is 32.8 Å². The number of aromatic nitrogens is 1. The topological polar surface area (TPSA) is 59.1 Å². The van der Waals surface area contributed by atoms with Crippen molar-refractivity contribution >= 4 is 21.7 Å². The molecule has 0 unspecified atom stereocenters. The number of halogens is 1. The summed E-state index contributed by atoms with van der Waals surface area (Å²) in [7, 11) is 0. The van der Waals surface area contributed by atoms with Gasteiger partial charge in [0.2, 0.25) is 0 Å². The van der Waals surface area contributed by atoms with Gasteiger partial charge in [0.05, 0.1) is 12.3 Å². The molecule has 78 valence electrons. The molecular weight excluding hydrogens is 244 g/mol. The van der Waals surface area contributed by atoms with Crippen molar-refractivity contribution in [1.82, 2.24) is 4.98 Å². The van der Waals surface area contributed by atoms with E-state index in [2.05, 4.69) is 41.7 Å². The fourth-order valence-corrected chi connectivity index (χ4v) is 2.15. The minimum atomic E-state index is -0.0815. The van der Waals surface area contributed by atoms with E-state index in [0.29, 0.717) is 11.4 Å². The number of nitrogen functional groups attached to an aromatic ring is 1. The first-order chi connectivity index (χ1) is 6.36. The van der Waals surface area contributed by atoms with Gasteiger partial charge in [0.25, 0.3) is 0 Å². The molecule has 3 N–H and O–H groups in total. The van der Waals surface area contributed by atoms with Crippen molar-refractivity contribution in [2.24, 2.45) is 0 Å². The van der Waals surface area contributed by atoms with Crippen LogP contribution in [-0.4, -0.2) is 10.1 Å². The van der Waals surface area contributed by atoms with Crippen LogP contribution < -0.4 is 5.73 Å². The predicted octanol–water partition coefficient (Wildman–Crippen LogP) is 2.22. The molecule has 0 aliphatic carbocycles. The van der Waals surface area contributed by atoms with Gasteiger partial charge in [-0.05, 0) is 22.0 Å². The van der Waals surface area contributed by atoms with Gasteiger partial charge in [-0.2, -0.15) is 0 Å². The Morgan fingerprint density at radius 2 is 2.07 bits per heavy atom. The second kappa shape index (κ2) is 3.87. The molecule has 0 atom stereocenters. The minimum absolute atomic E-state index is 0.0546. The molecule has 3 nitrogen and oxygen atoms in total. The number of aliphatic hydroxyl groups is 1. The van der Waals surface area contributed by atoms with E-state index >= 15 is 0 Å². The summed E-state index contributed by atoms with van der Waals surface area (Å²) in [6.45, 7) is 6.12. The molecule has 0 saturated heterocycles. The summed E-state index contributed by atoms with van der Waals surface area (Å²) < 4.78 is 0.892. The molecule has 14 heavy (non-hydrogen) atoms. The number of aliphatic hydroxyl groups excluding tert-OH is 1. The normalized spacial score (nSPS) is 11.8. The van der Waals surface area contributed by atoms with E-state index in [1.54, 1.807) is 0 Å². The first-order valence-electron chi connectivity index (χ1n) is 4.42. The molecule has 1 aromatic rings. The lowest BCUT2D eigenvalue weighted by atomic mass is 9.91. The Morgan fingerprint density at radius 3 is 2.50 bits per heavy atom. The second-order valence-electron chi connectivity index (χ2n) is 4.27. The molecule has 0 aliphatic rings. The largest absolute Gasteiger partial charge is 0.392 e. The van der Waals surface area contributed by atoms with Crippen LogP contribution in [0.25, 0.3) is 0 Å². The van der Waals surface area contributed by atoms with E-state index in [0.717, 1.165) is 10.2 Å². The molecule has 1 heterocycles. The Labute approximate surface area is 92.5 Å². The smallest absolute Gasteiger partial charge is 0.129 e. The Morgan fingerprint density at radius 1 is 1.50 bits per heavy atom. The third-order valence-corrected chi connectivity index (χ3v) is 2.57. The zero-order chi connectivity index (χ0) is 10.9. The summed E-state index contributed by atoms with van der Waals surface area (Å²) in [5, 5.41) is 9.00. The van der Waals surface area contributed by atoms with Crippen molar-refractivity contribution in [3.63, 3.8) is 0 Å². The molecule has 1 rings (SSSR count). The quantitative estimate of drug-likeness (QED) is 0.812. The van der Waals surface area contributed by atoms with Crippen molar-refractivity contribution in [3.8, 4) is 0 Å². The summed E-state index contributed by atoms with van der Waals surface area (Å²) >= 11 is 3.43. The standard InChI is InChI=1S/C10H15BrN2O/c1-10(2,3)8-7(11)4-6(5-14)9(12)13-8/h4,14H,5H2,1-3H3,(H2,12,13). The van der Waals surface area contributed by atoms with Gasteiger partial charge < -0.3 is 10.8 Å². The molecule has 0 radical (unpaired) electrons. The van der Waals surface area contributed by atoms with Gasteiger partial charge >= 0.3 is 0 Å². The zero-order valence-corrected chi connectivity index (χ0v) is 10.2. The predicted molar refractivity (Wildman–Crippen MR) is 61.0 cm³/mol. The van der Waals surface area contributed by atoms with E-state index in [1.165, 1.54) is 0 Å². The molecule has 0 bridgehead atoms. The van der Waals surface area contributed by atoms with Crippen molar-refractivity contribution in [3.05, 3.63) is 21.8 Å². The molecule has 0 aliphatic heterocycles. The van der Waals surface area contributed by atoms with Crippen LogP contribution in [0.5, 0.6) is 0 Å². The van der Waals surface area contributed by atoms with Crippen LogP contribution in [0.15, 0.2) is 10.5 Å². The fraction of sp³-hybridized carbons (Fsp3) is 0.500. The van der Waals surface area contributed by atoms with Crippen LogP contribution in [0, 0.1) is 0 Å². The minimum Gasteiger partial charge on any atom is -0.392 e. The number of hydrogen-bond donors (Lipinski definition) is 2. The van der Waals surface area contributed by atoms with Gasteiger partial charge in [0.1, 0.15) is 5.82 Å². The van der Waals surface area contributed by atoms with Gasteiger partial charge in [0, 0.05) is 15.5 Å². The van der Waals surface area contributed by atoms with Gasteiger partial charge in [-0.15, -0.1) is 0 Å². The number of nitrogens with zero attached hydrogens (tertiary/aromatic N) is 1. The number of nitrogens with two attached hydrogens (primary N) is 1. The number of hydrogen-bond acceptors (Lipinski definition) is 3. The molecule has 0 aromatic carbocycles. The first kappa shape index (κ1) is 11.5. The van der Waals surface area contributed by atoms with Crippen LogP contribution in [0.1, 0.15) is 32.0 Å². The van der Waals surface area contributed by atoms with Gasteiger partial charge in [-0.3, -0.25) is 0 Å². The van der Waals surface area contributed by atoms with E-state index in [9.17, 15) is 0 Å². The highest BCUT2D eigenvalue weighted by atomic mass is 79.9. The third-order valence-electron chi connectivity index (χ3n) is 1.97. The average Bonchev–Trinajstić information content (AvgIpc) is 2.06. The highest BCUT2D eigenvalue weighted by Crippen LogP contribution is 2.30. The molecule has 0 amide bonds. The molecular formula is C10H15BrN2O. The zero-order valence-electron chi connectivity index (χ0n) is 8.63. The van der Waals surface area contributed by atoms with E-state index in [1.807, 2.05) is 6.07 Å². The first-order valence-corrected chi connectivity index (χ1v) is 5.22. The van der Waals surface area contributed by atoms with Crippen LogP contribution in [0.2, 0.25) is 0 Å². The van der Waals surface area contributed by atoms with E-state index in [-0.39, 0.29) is 12.0 Å². The van der Waals surface area contributed by atoms with Crippen molar-refractivity contribution < 1.29 is 5.11 Å². The number of rotatable bonds is 1. The van der Waals surface area contributed by atoms with Crippen LogP contribution in [0.3, 0.4) is 0 Å². The third kappa shape index (κ3) is 2.25. The van der Waals surface area contributed by atoms with Crippen molar-refractivity contribution in [2.75, 3.05) is 5.73 Å². The summed E-state index contributed by atoms with van der Waals surface area (Å²) in [6.07, 6.45) is 0. The second-order valence-corrected chi connectivity index (χ2v) is 5.13.